The second-order valence-corrected chi connectivity index (χ2v) is 10.3. The molecule has 1 N–H and O–H groups in total. The molecule has 0 aromatic heterocycles. The van der Waals surface area contributed by atoms with Crippen molar-refractivity contribution in [1.82, 2.24) is 5.32 Å². The van der Waals surface area contributed by atoms with E-state index in [1.54, 1.807) is 48.5 Å². The number of hydrogen-bond donors (Lipinski definition) is 1. The van der Waals surface area contributed by atoms with Crippen LogP contribution in [0.1, 0.15) is 45.6 Å². The fraction of sp³-hybridized carbons (Fsp3) is 0.240. The van der Waals surface area contributed by atoms with E-state index in [1.165, 1.54) is 9.87 Å². The van der Waals surface area contributed by atoms with E-state index in [-0.39, 0.29) is 18.5 Å². The van der Waals surface area contributed by atoms with E-state index in [0.717, 1.165) is 22.9 Å². The standard InChI is InChI=1S/C25H27ClN2O3S/c1-17-5-14-24(18(2)15-17)19(3)27-25(29)21-8-12-23(13-9-21)28(32(4,30)31)16-20-6-10-22(26)11-7-20/h5-15,19H,16H2,1-4H3,(H,27,29). The Bertz CT molecular complexity index is 1210. The van der Waals surface area contributed by atoms with E-state index in [9.17, 15) is 13.2 Å². The number of aryl methyl sites for hydroxylation is 2. The summed E-state index contributed by atoms with van der Waals surface area (Å²) in [5.74, 6) is -0.215. The van der Waals surface area contributed by atoms with Crippen LogP contribution in [0, 0.1) is 13.8 Å². The van der Waals surface area contributed by atoms with Gasteiger partial charge < -0.3 is 5.32 Å². The molecule has 0 fully saturated rings. The predicted octanol–water partition coefficient (Wildman–Crippen LogP) is 5.41. The highest BCUT2D eigenvalue weighted by Crippen LogP contribution is 2.23. The number of anilines is 1. The van der Waals surface area contributed by atoms with Gasteiger partial charge in [-0.1, -0.05) is 47.5 Å². The summed E-state index contributed by atoms with van der Waals surface area (Å²) in [6.45, 7) is 6.18. The topological polar surface area (TPSA) is 66.5 Å². The van der Waals surface area contributed by atoms with Crippen LogP contribution >= 0.6 is 11.6 Å². The molecule has 0 aliphatic rings. The first kappa shape index (κ1) is 23.8. The molecule has 1 amide bonds. The summed E-state index contributed by atoms with van der Waals surface area (Å²) in [7, 11) is -3.52. The Balaban J connectivity index is 1.76. The van der Waals surface area contributed by atoms with Gasteiger partial charge in [0, 0.05) is 10.6 Å². The molecule has 3 aromatic carbocycles. The molecule has 32 heavy (non-hydrogen) atoms. The zero-order valence-corrected chi connectivity index (χ0v) is 20.2. The first-order chi connectivity index (χ1) is 15.0. The lowest BCUT2D eigenvalue weighted by Gasteiger charge is -2.23. The molecule has 0 spiro atoms. The first-order valence-corrected chi connectivity index (χ1v) is 12.5. The van der Waals surface area contributed by atoms with E-state index >= 15 is 0 Å². The van der Waals surface area contributed by atoms with Gasteiger partial charge in [0.15, 0.2) is 0 Å². The summed E-state index contributed by atoms with van der Waals surface area (Å²) in [6.07, 6.45) is 1.16. The van der Waals surface area contributed by atoms with Crippen LogP contribution in [0.5, 0.6) is 0 Å². The fourth-order valence-corrected chi connectivity index (χ4v) is 4.62. The summed E-state index contributed by atoms with van der Waals surface area (Å²) in [6, 6.07) is 19.6. The van der Waals surface area contributed by atoms with Crippen LogP contribution in [0.15, 0.2) is 66.7 Å². The average molecular weight is 471 g/mol. The highest BCUT2D eigenvalue weighted by atomic mass is 35.5. The van der Waals surface area contributed by atoms with Crippen LogP contribution in [0.3, 0.4) is 0 Å². The number of rotatable bonds is 7. The summed E-state index contributed by atoms with van der Waals surface area (Å²) < 4.78 is 26.1. The third kappa shape index (κ3) is 5.90. The molecule has 168 valence electrons. The van der Waals surface area contributed by atoms with Gasteiger partial charge in [0.1, 0.15) is 0 Å². The van der Waals surface area contributed by atoms with Gasteiger partial charge >= 0.3 is 0 Å². The number of hydrogen-bond acceptors (Lipinski definition) is 3. The molecule has 7 heteroatoms. The fourth-order valence-electron chi connectivity index (χ4n) is 3.60. The molecule has 0 aliphatic carbocycles. The van der Waals surface area contributed by atoms with Gasteiger partial charge in [-0.2, -0.15) is 0 Å². The number of amides is 1. The van der Waals surface area contributed by atoms with Crippen molar-refractivity contribution in [1.29, 1.82) is 0 Å². The van der Waals surface area contributed by atoms with Gasteiger partial charge in [-0.15, -0.1) is 0 Å². The van der Waals surface area contributed by atoms with Gasteiger partial charge in [-0.25, -0.2) is 8.42 Å². The summed E-state index contributed by atoms with van der Waals surface area (Å²) in [4.78, 5) is 12.8. The molecule has 0 saturated heterocycles. The highest BCUT2D eigenvalue weighted by molar-refractivity contribution is 7.92. The van der Waals surface area contributed by atoms with Gasteiger partial charge in [0.2, 0.25) is 10.0 Å². The Morgan fingerprint density at radius 1 is 1.00 bits per heavy atom. The van der Waals surface area contributed by atoms with E-state index in [1.807, 2.05) is 32.9 Å². The number of nitrogens with one attached hydrogen (secondary N) is 1. The minimum absolute atomic E-state index is 0.153. The van der Waals surface area contributed by atoms with Crippen molar-refractivity contribution >= 4 is 33.2 Å². The molecule has 1 unspecified atom stereocenters. The van der Waals surface area contributed by atoms with Crippen LogP contribution in [-0.4, -0.2) is 20.6 Å². The van der Waals surface area contributed by atoms with Gasteiger partial charge in [-0.3, -0.25) is 9.10 Å². The molecular weight excluding hydrogens is 444 g/mol. The SMILES string of the molecule is Cc1ccc(C(C)NC(=O)c2ccc(N(Cc3ccc(Cl)cc3)S(C)(=O)=O)cc2)c(C)c1. The lowest BCUT2D eigenvalue weighted by Crippen LogP contribution is -2.30. The number of carbonyl (C=O) groups excluding carboxylic acids is 1. The number of nitrogens with zero attached hydrogens (tertiary/aromatic N) is 1. The monoisotopic (exact) mass is 470 g/mol. The Labute approximate surface area is 195 Å². The molecule has 0 bridgehead atoms. The van der Waals surface area contributed by atoms with Crippen LogP contribution in [0.4, 0.5) is 5.69 Å². The van der Waals surface area contributed by atoms with Crippen molar-refractivity contribution in [3.05, 3.63) is 99.6 Å². The van der Waals surface area contributed by atoms with E-state index in [2.05, 4.69) is 11.4 Å². The summed E-state index contributed by atoms with van der Waals surface area (Å²) >= 11 is 5.92. The molecule has 3 aromatic rings. The van der Waals surface area contributed by atoms with Crippen molar-refractivity contribution in [2.75, 3.05) is 10.6 Å². The predicted molar refractivity (Wildman–Crippen MR) is 131 cm³/mol. The minimum Gasteiger partial charge on any atom is -0.346 e. The van der Waals surface area contributed by atoms with Crippen LogP contribution in [0.25, 0.3) is 0 Å². The zero-order valence-electron chi connectivity index (χ0n) is 18.6. The maximum atomic E-state index is 12.8. The van der Waals surface area contributed by atoms with Gasteiger partial charge in [0.05, 0.1) is 24.5 Å². The zero-order chi connectivity index (χ0) is 23.5. The molecule has 0 heterocycles. The van der Waals surface area contributed by atoms with Crippen molar-refractivity contribution < 1.29 is 13.2 Å². The maximum absolute atomic E-state index is 12.8. The van der Waals surface area contributed by atoms with Crippen molar-refractivity contribution in [2.45, 2.75) is 33.4 Å². The van der Waals surface area contributed by atoms with Crippen LogP contribution in [0.2, 0.25) is 5.02 Å². The lowest BCUT2D eigenvalue weighted by atomic mass is 10.00. The Morgan fingerprint density at radius 2 is 1.62 bits per heavy atom. The van der Waals surface area contributed by atoms with E-state index < -0.39 is 10.0 Å². The molecule has 0 saturated carbocycles. The van der Waals surface area contributed by atoms with Gasteiger partial charge in [0.25, 0.3) is 5.91 Å². The third-order valence-electron chi connectivity index (χ3n) is 5.30. The number of sulfonamides is 1. The smallest absolute Gasteiger partial charge is 0.251 e. The van der Waals surface area contributed by atoms with Crippen LogP contribution in [-0.2, 0) is 16.6 Å². The number of carbonyl (C=O) groups is 1. The van der Waals surface area contributed by atoms with E-state index in [0.29, 0.717) is 16.3 Å². The average Bonchev–Trinajstić information content (AvgIpc) is 2.72. The normalized spacial score (nSPS) is 12.3. The second-order valence-electron chi connectivity index (χ2n) is 8.00. The highest BCUT2D eigenvalue weighted by Gasteiger charge is 2.19. The summed E-state index contributed by atoms with van der Waals surface area (Å²) in [5.41, 5.74) is 5.12. The third-order valence-corrected chi connectivity index (χ3v) is 6.69. The second kappa shape index (κ2) is 9.76. The largest absolute Gasteiger partial charge is 0.346 e. The number of halogens is 1. The minimum atomic E-state index is -3.52. The first-order valence-electron chi connectivity index (χ1n) is 10.2. The van der Waals surface area contributed by atoms with Crippen LogP contribution < -0.4 is 9.62 Å². The van der Waals surface area contributed by atoms with Crippen molar-refractivity contribution in [3.8, 4) is 0 Å². The lowest BCUT2D eigenvalue weighted by molar-refractivity contribution is 0.0940. The molecule has 5 nitrogen and oxygen atoms in total. The molecule has 1 atom stereocenters. The van der Waals surface area contributed by atoms with Gasteiger partial charge in [-0.05, 0) is 73.9 Å². The molecule has 3 rings (SSSR count). The van der Waals surface area contributed by atoms with Crippen molar-refractivity contribution in [3.63, 3.8) is 0 Å². The molecule has 0 radical (unpaired) electrons. The van der Waals surface area contributed by atoms with Crippen molar-refractivity contribution in [2.24, 2.45) is 0 Å². The molecule has 0 aliphatic heterocycles. The maximum Gasteiger partial charge on any atom is 0.251 e. The Kier molecular flexibility index (Phi) is 7.26. The van der Waals surface area contributed by atoms with E-state index in [4.69, 9.17) is 11.6 Å². The molecular formula is C25H27ClN2O3S. The number of benzene rings is 3. The summed E-state index contributed by atoms with van der Waals surface area (Å²) in [5, 5.41) is 3.60. The Morgan fingerprint density at radius 3 is 2.19 bits per heavy atom. The Hall–Kier alpha value is -2.83. The quantitative estimate of drug-likeness (QED) is 0.501.